The molecule has 0 unspecified atom stereocenters. The van der Waals surface area contributed by atoms with Crippen molar-refractivity contribution in [1.29, 1.82) is 0 Å². The van der Waals surface area contributed by atoms with Crippen molar-refractivity contribution in [2.75, 3.05) is 7.11 Å². The van der Waals surface area contributed by atoms with Crippen LogP contribution in [-0.4, -0.2) is 19.6 Å². The van der Waals surface area contributed by atoms with E-state index in [0.717, 1.165) is 11.1 Å². The molecule has 23 heavy (non-hydrogen) atoms. The van der Waals surface area contributed by atoms with Gasteiger partial charge in [-0.25, -0.2) is 0 Å². The summed E-state index contributed by atoms with van der Waals surface area (Å²) in [6, 6.07) is 13.4. The molecule has 0 aromatic heterocycles. The summed E-state index contributed by atoms with van der Waals surface area (Å²) in [6.45, 7) is -2.53. The molecule has 2 aromatic carbocycles. The van der Waals surface area contributed by atoms with Crippen LogP contribution in [0.4, 0.5) is 8.78 Å². The summed E-state index contributed by atoms with van der Waals surface area (Å²) in [7, 11) is 1.57. The van der Waals surface area contributed by atoms with Crippen LogP contribution >= 0.6 is 0 Å². The van der Waals surface area contributed by atoms with Crippen LogP contribution in [-0.2, 0) is 17.8 Å². The standard InChI is InChI=1S/C17H17F2NO3/c1-22-15-4-2-3-13(9-15)10-16(21)20-11-12-5-7-14(8-6-12)23-17(18)19/h2-9,17H,10-11H2,1H3,(H,20,21). The molecule has 1 N–H and O–H groups in total. The smallest absolute Gasteiger partial charge is 0.387 e. The fourth-order valence-corrected chi connectivity index (χ4v) is 2.02. The summed E-state index contributed by atoms with van der Waals surface area (Å²) in [5.41, 5.74) is 1.65. The third kappa shape index (κ3) is 5.58. The lowest BCUT2D eigenvalue weighted by Gasteiger charge is -2.08. The highest BCUT2D eigenvalue weighted by molar-refractivity contribution is 5.78. The molecule has 0 saturated carbocycles. The average molecular weight is 321 g/mol. The van der Waals surface area contributed by atoms with Gasteiger partial charge < -0.3 is 14.8 Å². The van der Waals surface area contributed by atoms with E-state index in [2.05, 4.69) is 10.1 Å². The Bertz CT molecular complexity index is 645. The van der Waals surface area contributed by atoms with Crippen molar-refractivity contribution >= 4 is 5.91 Å². The van der Waals surface area contributed by atoms with Gasteiger partial charge in [-0.05, 0) is 35.4 Å². The van der Waals surface area contributed by atoms with Gasteiger partial charge in [0.25, 0.3) is 0 Å². The van der Waals surface area contributed by atoms with E-state index in [0.29, 0.717) is 12.3 Å². The molecule has 0 aliphatic carbocycles. The minimum Gasteiger partial charge on any atom is -0.497 e. The molecular weight excluding hydrogens is 304 g/mol. The minimum absolute atomic E-state index is 0.0893. The van der Waals surface area contributed by atoms with Crippen molar-refractivity contribution in [3.8, 4) is 11.5 Å². The second-order valence-corrected chi connectivity index (χ2v) is 4.83. The molecule has 2 rings (SSSR count). The van der Waals surface area contributed by atoms with E-state index < -0.39 is 6.61 Å². The first-order valence-corrected chi connectivity index (χ1v) is 7.00. The maximum absolute atomic E-state index is 12.0. The number of hydrogen-bond donors (Lipinski definition) is 1. The Morgan fingerprint density at radius 3 is 2.48 bits per heavy atom. The number of benzene rings is 2. The summed E-state index contributed by atoms with van der Waals surface area (Å²) in [5.74, 6) is 0.655. The monoisotopic (exact) mass is 321 g/mol. The number of rotatable bonds is 7. The predicted molar refractivity (Wildman–Crippen MR) is 81.6 cm³/mol. The molecule has 0 saturated heterocycles. The third-order valence-corrected chi connectivity index (χ3v) is 3.14. The molecule has 0 heterocycles. The Morgan fingerprint density at radius 2 is 1.83 bits per heavy atom. The fraction of sp³-hybridized carbons (Fsp3) is 0.235. The lowest BCUT2D eigenvalue weighted by atomic mass is 10.1. The number of carbonyl (C=O) groups excluding carboxylic acids is 1. The Kier molecular flexibility index (Phi) is 5.91. The Morgan fingerprint density at radius 1 is 1.09 bits per heavy atom. The summed E-state index contributed by atoms with van der Waals surface area (Å²) >= 11 is 0. The van der Waals surface area contributed by atoms with Crippen LogP contribution in [0.15, 0.2) is 48.5 Å². The SMILES string of the molecule is COc1cccc(CC(=O)NCc2ccc(OC(F)F)cc2)c1. The Labute approximate surface area is 133 Å². The van der Waals surface area contributed by atoms with E-state index in [1.54, 1.807) is 25.3 Å². The lowest BCUT2D eigenvalue weighted by Crippen LogP contribution is -2.24. The van der Waals surface area contributed by atoms with Gasteiger partial charge in [-0.2, -0.15) is 8.78 Å². The van der Waals surface area contributed by atoms with E-state index in [4.69, 9.17) is 4.74 Å². The number of amides is 1. The van der Waals surface area contributed by atoms with Crippen molar-refractivity contribution in [3.63, 3.8) is 0 Å². The largest absolute Gasteiger partial charge is 0.497 e. The van der Waals surface area contributed by atoms with Gasteiger partial charge in [-0.15, -0.1) is 0 Å². The number of halogens is 2. The first-order chi connectivity index (χ1) is 11.1. The first-order valence-electron chi connectivity index (χ1n) is 7.00. The average Bonchev–Trinajstić information content (AvgIpc) is 2.54. The van der Waals surface area contributed by atoms with Crippen LogP contribution in [0.25, 0.3) is 0 Å². The normalized spacial score (nSPS) is 10.4. The van der Waals surface area contributed by atoms with Gasteiger partial charge in [0, 0.05) is 6.54 Å². The second-order valence-electron chi connectivity index (χ2n) is 4.83. The molecular formula is C17H17F2NO3. The number of alkyl halides is 2. The van der Waals surface area contributed by atoms with Gasteiger partial charge in [-0.1, -0.05) is 24.3 Å². The zero-order valence-corrected chi connectivity index (χ0v) is 12.6. The highest BCUT2D eigenvalue weighted by Gasteiger charge is 2.06. The highest BCUT2D eigenvalue weighted by atomic mass is 19.3. The van der Waals surface area contributed by atoms with Crippen LogP contribution in [0.5, 0.6) is 11.5 Å². The van der Waals surface area contributed by atoms with E-state index in [-0.39, 0.29) is 18.1 Å². The molecule has 0 bridgehead atoms. The molecule has 0 aliphatic heterocycles. The summed E-state index contributed by atoms with van der Waals surface area (Å²) in [4.78, 5) is 11.9. The number of carbonyl (C=O) groups is 1. The predicted octanol–water partition coefficient (Wildman–Crippen LogP) is 3.16. The topological polar surface area (TPSA) is 47.6 Å². The molecule has 6 heteroatoms. The van der Waals surface area contributed by atoms with Gasteiger partial charge in [-0.3, -0.25) is 4.79 Å². The van der Waals surface area contributed by atoms with Crippen LogP contribution in [0, 0.1) is 0 Å². The van der Waals surface area contributed by atoms with Gasteiger partial charge >= 0.3 is 6.61 Å². The van der Waals surface area contributed by atoms with Gasteiger partial charge in [0.15, 0.2) is 0 Å². The van der Waals surface area contributed by atoms with Crippen molar-refractivity contribution in [2.45, 2.75) is 19.6 Å². The number of methoxy groups -OCH3 is 1. The van der Waals surface area contributed by atoms with E-state index in [1.165, 1.54) is 12.1 Å². The Balaban J connectivity index is 1.84. The van der Waals surface area contributed by atoms with Gasteiger partial charge in [0.2, 0.25) is 5.91 Å². The van der Waals surface area contributed by atoms with Crippen LogP contribution in [0.3, 0.4) is 0 Å². The number of ether oxygens (including phenoxy) is 2. The third-order valence-electron chi connectivity index (χ3n) is 3.14. The zero-order chi connectivity index (χ0) is 16.7. The van der Waals surface area contributed by atoms with Crippen LogP contribution < -0.4 is 14.8 Å². The van der Waals surface area contributed by atoms with Gasteiger partial charge in [0.1, 0.15) is 11.5 Å². The van der Waals surface area contributed by atoms with E-state index in [1.807, 2.05) is 18.2 Å². The molecule has 122 valence electrons. The first kappa shape index (κ1) is 16.7. The molecule has 0 fully saturated rings. The van der Waals surface area contributed by atoms with Crippen molar-refractivity contribution in [3.05, 3.63) is 59.7 Å². The molecule has 2 aromatic rings. The summed E-state index contributed by atoms with van der Waals surface area (Å²) in [6.07, 6.45) is 0.240. The summed E-state index contributed by atoms with van der Waals surface area (Å²) < 4.78 is 33.5. The Hall–Kier alpha value is -2.63. The molecule has 0 radical (unpaired) electrons. The quantitative estimate of drug-likeness (QED) is 0.852. The van der Waals surface area contributed by atoms with E-state index in [9.17, 15) is 13.6 Å². The van der Waals surface area contributed by atoms with Crippen LogP contribution in [0.2, 0.25) is 0 Å². The molecule has 0 aliphatic rings. The van der Waals surface area contributed by atoms with Crippen molar-refractivity contribution in [1.82, 2.24) is 5.32 Å². The molecule has 0 spiro atoms. The van der Waals surface area contributed by atoms with Crippen LogP contribution in [0.1, 0.15) is 11.1 Å². The maximum atomic E-state index is 12.0. The molecule has 0 atom stereocenters. The second kappa shape index (κ2) is 8.12. The lowest BCUT2D eigenvalue weighted by molar-refractivity contribution is -0.120. The van der Waals surface area contributed by atoms with Crippen molar-refractivity contribution in [2.24, 2.45) is 0 Å². The fourth-order valence-electron chi connectivity index (χ4n) is 2.02. The number of hydrogen-bond acceptors (Lipinski definition) is 3. The minimum atomic E-state index is -2.84. The van der Waals surface area contributed by atoms with Crippen molar-refractivity contribution < 1.29 is 23.0 Å². The highest BCUT2D eigenvalue weighted by Crippen LogP contribution is 2.15. The number of nitrogens with one attached hydrogen (secondary N) is 1. The molecule has 4 nitrogen and oxygen atoms in total. The van der Waals surface area contributed by atoms with E-state index >= 15 is 0 Å². The zero-order valence-electron chi connectivity index (χ0n) is 12.6. The van der Waals surface area contributed by atoms with Gasteiger partial charge in [0.05, 0.1) is 13.5 Å². The molecule has 1 amide bonds. The summed E-state index contributed by atoms with van der Waals surface area (Å²) in [5, 5.41) is 2.78. The maximum Gasteiger partial charge on any atom is 0.387 e.